The van der Waals surface area contributed by atoms with Crippen LogP contribution in [0.15, 0.2) is 18.2 Å². The average Bonchev–Trinajstić information content (AvgIpc) is 2.46. The average molecular weight is 258 g/mol. The second kappa shape index (κ2) is 5.33. The number of carbonyl (C=O) groups excluding carboxylic acids is 1. The van der Waals surface area contributed by atoms with E-state index < -0.39 is 0 Å². The molecule has 19 heavy (non-hydrogen) atoms. The van der Waals surface area contributed by atoms with Crippen LogP contribution < -0.4 is 5.32 Å². The molecule has 0 aliphatic carbocycles. The highest BCUT2D eigenvalue weighted by Crippen LogP contribution is 2.27. The highest BCUT2D eigenvalue weighted by atomic mass is 16.2. The van der Waals surface area contributed by atoms with Gasteiger partial charge in [-0.15, -0.1) is 0 Å². The topological polar surface area (TPSA) is 32.3 Å². The Kier molecular flexibility index (Phi) is 3.56. The van der Waals surface area contributed by atoms with Crippen LogP contribution >= 0.6 is 0 Å². The summed E-state index contributed by atoms with van der Waals surface area (Å²) >= 11 is 0. The summed E-state index contributed by atoms with van der Waals surface area (Å²) in [7, 11) is 0. The minimum absolute atomic E-state index is 0.0162. The molecule has 0 spiro atoms. The molecule has 1 aromatic carbocycles. The van der Waals surface area contributed by atoms with Gasteiger partial charge in [-0.25, -0.2) is 0 Å². The van der Waals surface area contributed by atoms with Crippen LogP contribution in [0, 0.1) is 6.92 Å². The van der Waals surface area contributed by atoms with Crippen LogP contribution in [0.4, 0.5) is 0 Å². The van der Waals surface area contributed by atoms with Crippen LogP contribution in [0.2, 0.25) is 0 Å². The lowest BCUT2D eigenvalue weighted by atomic mass is 9.88. The van der Waals surface area contributed by atoms with E-state index in [0.29, 0.717) is 5.91 Å². The molecule has 2 aliphatic heterocycles. The molecule has 1 saturated heterocycles. The van der Waals surface area contributed by atoms with Gasteiger partial charge in [0.2, 0.25) is 5.91 Å². The molecule has 1 amide bonds. The van der Waals surface area contributed by atoms with Gasteiger partial charge in [0.15, 0.2) is 0 Å². The van der Waals surface area contributed by atoms with E-state index in [9.17, 15) is 4.79 Å². The molecule has 0 aromatic heterocycles. The number of benzene rings is 1. The van der Waals surface area contributed by atoms with Gasteiger partial charge in [-0.2, -0.15) is 0 Å². The summed E-state index contributed by atoms with van der Waals surface area (Å²) in [6, 6.07) is 6.48. The molecular formula is C16H22N2O. The van der Waals surface area contributed by atoms with Crippen LogP contribution in [0.1, 0.15) is 41.9 Å². The van der Waals surface area contributed by atoms with Crippen LogP contribution in [0.3, 0.4) is 0 Å². The Labute approximate surface area is 115 Å². The summed E-state index contributed by atoms with van der Waals surface area (Å²) in [6.45, 7) is 5.66. The molecule has 3 nitrogen and oxygen atoms in total. The van der Waals surface area contributed by atoms with Gasteiger partial charge in [0.25, 0.3) is 0 Å². The van der Waals surface area contributed by atoms with E-state index in [4.69, 9.17) is 0 Å². The van der Waals surface area contributed by atoms with Crippen molar-refractivity contribution in [2.45, 2.75) is 38.6 Å². The van der Waals surface area contributed by atoms with E-state index >= 15 is 0 Å². The largest absolute Gasteiger partial charge is 0.342 e. The first-order valence-corrected chi connectivity index (χ1v) is 7.34. The molecule has 0 bridgehead atoms. The molecule has 2 aliphatic rings. The minimum atomic E-state index is 0.0162. The second-order valence-electron chi connectivity index (χ2n) is 5.77. The van der Waals surface area contributed by atoms with Crippen molar-refractivity contribution >= 4 is 5.91 Å². The summed E-state index contributed by atoms with van der Waals surface area (Å²) < 4.78 is 0. The third-order valence-electron chi connectivity index (χ3n) is 4.30. The Morgan fingerprint density at radius 2 is 2.05 bits per heavy atom. The molecule has 0 radical (unpaired) electrons. The number of hydrogen-bond acceptors (Lipinski definition) is 2. The van der Waals surface area contributed by atoms with Gasteiger partial charge in [0.1, 0.15) is 0 Å². The lowest BCUT2D eigenvalue weighted by molar-refractivity contribution is -0.133. The van der Waals surface area contributed by atoms with E-state index in [1.165, 1.54) is 23.1 Å². The fourth-order valence-corrected chi connectivity index (χ4v) is 3.24. The number of piperidine rings is 1. The second-order valence-corrected chi connectivity index (χ2v) is 5.77. The van der Waals surface area contributed by atoms with Crippen molar-refractivity contribution in [3.05, 3.63) is 34.9 Å². The van der Waals surface area contributed by atoms with Gasteiger partial charge in [-0.1, -0.05) is 23.8 Å². The maximum absolute atomic E-state index is 12.7. The van der Waals surface area contributed by atoms with E-state index in [0.717, 1.165) is 39.0 Å². The predicted octanol–water partition coefficient (Wildman–Crippen LogP) is 2.19. The standard InChI is InChI=1S/C16H22N2O/c1-12-5-6-14-13(9-12)10-17-11-15(14)16(19)18-7-3-2-4-8-18/h5-6,9,15,17H,2-4,7-8,10-11H2,1H3. The van der Waals surface area contributed by atoms with Gasteiger partial charge in [0.05, 0.1) is 5.92 Å². The summed E-state index contributed by atoms with van der Waals surface area (Å²) in [5.74, 6) is 0.333. The fourth-order valence-electron chi connectivity index (χ4n) is 3.24. The molecule has 1 aromatic rings. The smallest absolute Gasteiger partial charge is 0.231 e. The van der Waals surface area contributed by atoms with Crippen molar-refractivity contribution in [2.24, 2.45) is 0 Å². The number of carbonyl (C=O) groups is 1. The zero-order chi connectivity index (χ0) is 13.2. The summed E-state index contributed by atoms with van der Waals surface area (Å²) in [6.07, 6.45) is 3.59. The Hall–Kier alpha value is -1.35. The van der Waals surface area contributed by atoms with Crippen molar-refractivity contribution in [2.75, 3.05) is 19.6 Å². The number of rotatable bonds is 1. The Balaban J connectivity index is 1.84. The quantitative estimate of drug-likeness (QED) is 0.837. The molecule has 1 N–H and O–H groups in total. The van der Waals surface area contributed by atoms with Gasteiger partial charge < -0.3 is 10.2 Å². The Morgan fingerprint density at radius 3 is 2.84 bits per heavy atom. The van der Waals surface area contributed by atoms with Crippen LogP contribution in [0.5, 0.6) is 0 Å². The molecule has 102 valence electrons. The summed E-state index contributed by atoms with van der Waals surface area (Å²) in [5, 5.41) is 3.39. The summed E-state index contributed by atoms with van der Waals surface area (Å²) in [4.78, 5) is 14.7. The lowest BCUT2D eigenvalue weighted by Gasteiger charge is -2.33. The Bertz CT molecular complexity index is 478. The summed E-state index contributed by atoms with van der Waals surface area (Å²) in [5.41, 5.74) is 3.80. The molecule has 3 heteroatoms. The van der Waals surface area contributed by atoms with Gasteiger partial charge in [-0.05, 0) is 37.3 Å². The number of aryl methyl sites for hydroxylation is 1. The zero-order valence-electron chi connectivity index (χ0n) is 11.6. The van der Waals surface area contributed by atoms with Crippen LogP contribution in [-0.4, -0.2) is 30.4 Å². The van der Waals surface area contributed by atoms with E-state index in [1.807, 2.05) is 0 Å². The molecular weight excluding hydrogens is 236 g/mol. The van der Waals surface area contributed by atoms with Crippen molar-refractivity contribution in [3.8, 4) is 0 Å². The van der Waals surface area contributed by atoms with Gasteiger partial charge >= 0.3 is 0 Å². The van der Waals surface area contributed by atoms with Crippen LogP contribution in [0.25, 0.3) is 0 Å². The van der Waals surface area contributed by atoms with Crippen LogP contribution in [-0.2, 0) is 11.3 Å². The predicted molar refractivity (Wildman–Crippen MR) is 76.1 cm³/mol. The molecule has 0 saturated carbocycles. The molecule has 1 unspecified atom stereocenters. The van der Waals surface area contributed by atoms with Gasteiger partial charge in [-0.3, -0.25) is 4.79 Å². The molecule has 3 rings (SSSR count). The van der Waals surface area contributed by atoms with Crippen molar-refractivity contribution in [1.82, 2.24) is 10.2 Å². The number of nitrogens with one attached hydrogen (secondary N) is 1. The molecule has 1 atom stereocenters. The number of nitrogens with zero attached hydrogens (tertiary/aromatic N) is 1. The third kappa shape index (κ3) is 2.52. The first-order chi connectivity index (χ1) is 9.25. The maximum Gasteiger partial charge on any atom is 0.231 e. The fraction of sp³-hybridized carbons (Fsp3) is 0.562. The highest BCUT2D eigenvalue weighted by Gasteiger charge is 2.30. The molecule has 1 fully saturated rings. The molecule has 2 heterocycles. The first kappa shape index (κ1) is 12.7. The van der Waals surface area contributed by atoms with Crippen molar-refractivity contribution in [3.63, 3.8) is 0 Å². The minimum Gasteiger partial charge on any atom is -0.342 e. The monoisotopic (exact) mass is 258 g/mol. The Morgan fingerprint density at radius 1 is 1.26 bits per heavy atom. The lowest BCUT2D eigenvalue weighted by Crippen LogP contribution is -2.43. The number of fused-ring (bicyclic) bond motifs is 1. The van der Waals surface area contributed by atoms with E-state index in [2.05, 4.69) is 35.3 Å². The normalized spacial score (nSPS) is 23.0. The number of likely N-dealkylation sites (tertiary alicyclic amines) is 1. The SMILES string of the molecule is Cc1ccc2c(c1)CNCC2C(=O)N1CCCCC1. The van der Waals surface area contributed by atoms with Gasteiger partial charge in [0, 0.05) is 26.2 Å². The van der Waals surface area contributed by atoms with Crippen molar-refractivity contribution in [1.29, 1.82) is 0 Å². The van der Waals surface area contributed by atoms with E-state index in [-0.39, 0.29) is 5.92 Å². The first-order valence-electron chi connectivity index (χ1n) is 7.34. The zero-order valence-corrected chi connectivity index (χ0v) is 11.6. The van der Waals surface area contributed by atoms with Crippen molar-refractivity contribution < 1.29 is 4.79 Å². The maximum atomic E-state index is 12.7. The third-order valence-corrected chi connectivity index (χ3v) is 4.30. The number of hydrogen-bond donors (Lipinski definition) is 1. The number of amides is 1. The van der Waals surface area contributed by atoms with E-state index in [1.54, 1.807) is 0 Å². The highest BCUT2D eigenvalue weighted by molar-refractivity contribution is 5.85.